The summed E-state index contributed by atoms with van der Waals surface area (Å²) >= 11 is 0. The molecule has 0 saturated heterocycles. The van der Waals surface area contributed by atoms with Crippen molar-refractivity contribution < 1.29 is 0 Å². The van der Waals surface area contributed by atoms with E-state index in [0.29, 0.717) is 0 Å². The SMILES string of the molecule is C1=CC2=C(CC1)[N]NCC2. The fourth-order valence-corrected chi connectivity index (χ4v) is 1.40. The Labute approximate surface area is 61.0 Å². The zero-order valence-corrected chi connectivity index (χ0v) is 5.93. The van der Waals surface area contributed by atoms with E-state index in [1.54, 1.807) is 0 Å². The van der Waals surface area contributed by atoms with Crippen LogP contribution >= 0.6 is 0 Å². The van der Waals surface area contributed by atoms with Crippen molar-refractivity contribution in [2.45, 2.75) is 19.3 Å². The first kappa shape index (κ1) is 5.98. The van der Waals surface area contributed by atoms with E-state index in [-0.39, 0.29) is 0 Å². The average molecular weight is 135 g/mol. The van der Waals surface area contributed by atoms with Gasteiger partial charge in [0.2, 0.25) is 0 Å². The van der Waals surface area contributed by atoms with Crippen LogP contribution < -0.4 is 10.9 Å². The monoisotopic (exact) mass is 135 g/mol. The summed E-state index contributed by atoms with van der Waals surface area (Å²) in [5.74, 6) is 0. The maximum absolute atomic E-state index is 4.23. The molecule has 0 saturated carbocycles. The Balaban J connectivity index is 2.23. The standard InChI is InChI=1S/C8H11N2/c1-2-4-8-7(3-1)5-6-9-10-8/h1,3,9H,2,4-6H2. The van der Waals surface area contributed by atoms with Crippen LogP contribution in [-0.4, -0.2) is 6.54 Å². The van der Waals surface area contributed by atoms with E-state index >= 15 is 0 Å². The normalized spacial score (nSPS) is 24.0. The van der Waals surface area contributed by atoms with Crippen molar-refractivity contribution in [1.82, 2.24) is 10.9 Å². The molecule has 0 spiro atoms. The van der Waals surface area contributed by atoms with Crippen molar-refractivity contribution in [1.29, 1.82) is 0 Å². The molecule has 1 aliphatic heterocycles. The van der Waals surface area contributed by atoms with Gasteiger partial charge in [-0.1, -0.05) is 12.2 Å². The molecule has 0 aromatic rings. The summed E-state index contributed by atoms with van der Waals surface area (Å²) in [7, 11) is 0. The molecule has 0 fully saturated rings. The van der Waals surface area contributed by atoms with Crippen LogP contribution in [0, 0.1) is 0 Å². The van der Waals surface area contributed by atoms with Gasteiger partial charge in [0.25, 0.3) is 0 Å². The lowest BCUT2D eigenvalue weighted by Gasteiger charge is -2.20. The molecule has 1 aliphatic carbocycles. The molecule has 0 atom stereocenters. The van der Waals surface area contributed by atoms with Crippen LogP contribution in [0.2, 0.25) is 0 Å². The van der Waals surface area contributed by atoms with Crippen molar-refractivity contribution in [2.24, 2.45) is 0 Å². The molecule has 2 heteroatoms. The topological polar surface area (TPSA) is 26.1 Å². The average Bonchev–Trinajstić information content (AvgIpc) is 2.05. The highest BCUT2D eigenvalue weighted by molar-refractivity contribution is 5.29. The Morgan fingerprint density at radius 3 is 3.30 bits per heavy atom. The zero-order chi connectivity index (χ0) is 6.81. The number of hydrogen-bond donors (Lipinski definition) is 1. The molecule has 2 rings (SSSR count). The summed E-state index contributed by atoms with van der Waals surface area (Å²) in [6, 6.07) is 0. The van der Waals surface area contributed by atoms with Gasteiger partial charge in [-0.05, 0) is 24.8 Å². The van der Waals surface area contributed by atoms with E-state index in [1.165, 1.54) is 11.3 Å². The first-order valence-electron chi connectivity index (χ1n) is 3.79. The molecule has 1 N–H and O–H groups in total. The van der Waals surface area contributed by atoms with Crippen LogP contribution in [0.15, 0.2) is 23.4 Å². The Bertz CT molecular complexity index is 191. The second-order valence-electron chi connectivity index (χ2n) is 2.68. The number of nitrogens with one attached hydrogen (secondary N) is 1. The Morgan fingerprint density at radius 2 is 2.40 bits per heavy atom. The van der Waals surface area contributed by atoms with Gasteiger partial charge in [-0.3, -0.25) is 0 Å². The van der Waals surface area contributed by atoms with E-state index < -0.39 is 0 Å². The van der Waals surface area contributed by atoms with Gasteiger partial charge >= 0.3 is 0 Å². The highest BCUT2D eigenvalue weighted by Crippen LogP contribution is 2.21. The molecule has 0 aromatic heterocycles. The van der Waals surface area contributed by atoms with Crippen LogP contribution in [0.25, 0.3) is 0 Å². The first-order valence-corrected chi connectivity index (χ1v) is 3.79. The third kappa shape index (κ3) is 0.948. The lowest BCUT2D eigenvalue weighted by molar-refractivity contribution is 0.528. The number of nitrogens with zero attached hydrogens (tertiary/aromatic N) is 1. The summed E-state index contributed by atoms with van der Waals surface area (Å²) in [5.41, 5.74) is 9.95. The maximum Gasteiger partial charge on any atom is 0.0583 e. The second kappa shape index (κ2) is 2.46. The lowest BCUT2D eigenvalue weighted by Crippen LogP contribution is -2.31. The van der Waals surface area contributed by atoms with Crippen LogP contribution in [0.4, 0.5) is 0 Å². The largest absolute Gasteiger partial charge is 0.213 e. The van der Waals surface area contributed by atoms with Crippen LogP contribution in [-0.2, 0) is 0 Å². The molecule has 53 valence electrons. The zero-order valence-electron chi connectivity index (χ0n) is 5.93. The molecular formula is C8H11N2. The molecule has 1 radical (unpaired) electrons. The highest BCUT2D eigenvalue weighted by atomic mass is 15.4. The summed E-state index contributed by atoms with van der Waals surface area (Å²) in [6.07, 6.45) is 7.88. The minimum absolute atomic E-state index is 1.00. The molecule has 0 amide bonds. The lowest BCUT2D eigenvalue weighted by atomic mass is 10.00. The predicted octanol–water partition coefficient (Wildman–Crippen LogP) is 1.10. The summed E-state index contributed by atoms with van der Waals surface area (Å²) in [4.78, 5) is 0. The van der Waals surface area contributed by atoms with E-state index in [0.717, 1.165) is 25.8 Å². The van der Waals surface area contributed by atoms with E-state index in [1.807, 2.05) is 0 Å². The maximum atomic E-state index is 4.23. The molecule has 0 aromatic carbocycles. The predicted molar refractivity (Wildman–Crippen MR) is 40.2 cm³/mol. The molecule has 0 unspecified atom stereocenters. The van der Waals surface area contributed by atoms with E-state index in [4.69, 9.17) is 0 Å². The van der Waals surface area contributed by atoms with Crippen molar-refractivity contribution in [2.75, 3.05) is 6.54 Å². The quantitative estimate of drug-likeness (QED) is 0.529. The minimum atomic E-state index is 1.00. The molecule has 10 heavy (non-hydrogen) atoms. The Hall–Kier alpha value is -0.760. The molecule has 1 heterocycles. The third-order valence-electron chi connectivity index (χ3n) is 1.96. The molecule has 0 bridgehead atoms. The Morgan fingerprint density at radius 1 is 1.40 bits per heavy atom. The number of allylic oxidation sites excluding steroid dienone is 3. The van der Waals surface area contributed by atoms with Crippen molar-refractivity contribution >= 4 is 0 Å². The molecule has 2 aliphatic rings. The first-order chi connectivity index (χ1) is 4.97. The van der Waals surface area contributed by atoms with Gasteiger partial charge in [0.05, 0.1) is 5.70 Å². The van der Waals surface area contributed by atoms with Gasteiger partial charge in [-0.15, -0.1) is 0 Å². The summed E-state index contributed by atoms with van der Waals surface area (Å²) < 4.78 is 0. The molecule has 2 nitrogen and oxygen atoms in total. The highest BCUT2D eigenvalue weighted by Gasteiger charge is 2.12. The van der Waals surface area contributed by atoms with Gasteiger partial charge < -0.3 is 0 Å². The van der Waals surface area contributed by atoms with Crippen LogP contribution in [0.1, 0.15) is 19.3 Å². The van der Waals surface area contributed by atoms with E-state index in [2.05, 4.69) is 23.0 Å². The smallest absolute Gasteiger partial charge is 0.0583 e. The number of rotatable bonds is 0. The van der Waals surface area contributed by atoms with E-state index in [9.17, 15) is 0 Å². The fraction of sp³-hybridized carbons (Fsp3) is 0.500. The Kier molecular flexibility index (Phi) is 1.47. The van der Waals surface area contributed by atoms with Gasteiger partial charge in [0.15, 0.2) is 0 Å². The van der Waals surface area contributed by atoms with Crippen molar-refractivity contribution in [3.05, 3.63) is 23.4 Å². The second-order valence-corrected chi connectivity index (χ2v) is 2.68. The van der Waals surface area contributed by atoms with Crippen LogP contribution in [0.5, 0.6) is 0 Å². The van der Waals surface area contributed by atoms with Crippen molar-refractivity contribution in [3.8, 4) is 0 Å². The summed E-state index contributed by atoms with van der Waals surface area (Å²) in [6.45, 7) is 1.00. The van der Waals surface area contributed by atoms with Crippen molar-refractivity contribution in [3.63, 3.8) is 0 Å². The fourth-order valence-electron chi connectivity index (χ4n) is 1.40. The third-order valence-corrected chi connectivity index (χ3v) is 1.96. The van der Waals surface area contributed by atoms with Crippen LogP contribution in [0.3, 0.4) is 0 Å². The van der Waals surface area contributed by atoms with Gasteiger partial charge in [0.1, 0.15) is 0 Å². The summed E-state index contributed by atoms with van der Waals surface area (Å²) in [5, 5.41) is 0. The minimum Gasteiger partial charge on any atom is -0.213 e. The van der Waals surface area contributed by atoms with Gasteiger partial charge in [-0.25, -0.2) is 10.9 Å². The van der Waals surface area contributed by atoms with Gasteiger partial charge in [-0.2, -0.15) is 0 Å². The molecular weight excluding hydrogens is 124 g/mol. The number of hydrogen-bond acceptors (Lipinski definition) is 1. The van der Waals surface area contributed by atoms with Gasteiger partial charge in [0, 0.05) is 6.54 Å².